The summed E-state index contributed by atoms with van der Waals surface area (Å²) in [5.41, 5.74) is 1.32. The summed E-state index contributed by atoms with van der Waals surface area (Å²) in [5, 5.41) is 0.474. The molecule has 3 nitrogen and oxygen atoms in total. The number of nitrogens with zero attached hydrogens (tertiary/aromatic N) is 1. The zero-order chi connectivity index (χ0) is 14.8. The number of ether oxygens (including phenoxy) is 1. The maximum atomic E-state index is 12.8. The molecule has 1 amide bonds. The van der Waals surface area contributed by atoms with E-state index in [-0.39, 0.29) is 5.91 Å². The van der Waals surface area contributed by atoms with E-state index in [1.54, 1.807) is 22.7 Å². The van der Waals surface area contributed by atoms with E-state index < -0.39 is 0 Å². The second-order valence-electron chi connectivity index (χ2n) is 4.62. The molecular formula is C16H14ClNO2S. The first-order valence-electron chi connectivity index (χ1n) is 6.58. The number of amides is 1. The van der Waals surface area contributed by atoms with Crippen LogP contribution in [0, 0.1) is 0 Å². The highest BCUT2D eigenvalue weighted by Crippen LogP contribution is 2.33. The lowest BCUT2D eigenvalue weighted by Crippen LogP contribution is -2.38. The number of carbonyl (C=O) groups is 1. The van der Waals surface area contributed by atoms with Gasteiger partial charge in [-0.1, -0.05) is 23.7 Å². The molecule has 0 fully saturated rings. The third-order valence-electron chi connectivity index (χ3n) is 3.38. The monoisotopic (exact) mass is 319 g/mol. The van der Waals surface area contributed by atoms with Crippen LogP contribution in [-0.2, 0) is 0 Å². The number of halogens is 1. The molecule has 1 aliphatic rings. The van der Waals surface area contributed by atoms with E-state index in [4.69, 9.17) is 16.3 Å². The van der Waals surface area contributed by atoms with Gasteiger partial charge >= 0.3 is 0 Å². The Balaban J connectivity index is 2.00. The third-order valence-corrected chi connectivity index (χ3v) is 4.43. The molecule has 0 spiro atoms. The minimum absolute atomic E-state index is 0.0911. The number of rotatable bonds is 2. The van der Waals surface area contributed by atoms with E-state index in [9.17, 15) is 4.79 Å². The molecule has 108 valence electrons. The topological polar surface area (TPSA) is 29.5 Å². The first-order valence-corrected chi connectivity index (χ1v) is 8.18. The molecule has 0 unspecified atom stereocenters. The maximum absolute atomic E-state index is 12.8. The number of fused-ring (bicyclic) bond motifs is 1. The van der Waals surface area contributed by atoms with E-state index in [0.717, 1.165) is 16.3 Å². The lowest BCUT2D eigenvalue weighted by Gasteiger charge is -2.29. The van der Waals surface area contributed by atoms with Crippen molar-refractivity contribution in [3.05, 3.63) is 53.1 Å². The fourth-order valence-electron chi connectivity index (χ4n) is 2.32. The average molecular weight is 320 g/mol. The van der Waals surface area contributed by atoms with Crippen LogP contribution in [0.15, 0.2) is 47.4 Å². The number of thioether (sulfide) groups is 1. The molecule has 21 heavy (non-hydrogen) atoms. The second-order valence-corrected chi connectivity index (χ2v) is 5.91. The van der Waals surface area contributed by atoms with Crippen molar-refractivity contribution in [3.8, 4) is 5.75 Å². The summed E-state index contributed by atoms with van der Waals surface area (Å²) >= 11 is 7.79. The molecule has 5 heteroatoms. The molecule has 0 atom stereocenters. The minimum Gasteiger partial charge on any atom is -0.490 e. The molecule has 0 N–H and O–H groups in total. The van der Waals surface area contributed by atoms with Crippen molar-refractivity contribution in [3.63, 3.8) is 0 Å². The van der Waals surface area contributed by atoms with Crippen LogP contribution in [0.2, 0.25) is 5.02 Å². The van der Waals surface area contributed by atoms with Crippen LogP contribution in [0.4, 0.5) is 5.69 Å². The van der Waals surface area contributed by atoms with Gasteiger partial charge in [-0.3, -0.25) is 4.79 Å². The summed E-state index contributed by atoms with van der Waals surface area (Å²) in [7, 11) is 0. The highest BCUT2D eigenvalue weighted by molar-refractivity contribution is 7.98. The highest BCUT2D eigenvalue weighted by Gasteiger charge is 2.25. The predicted molar refractivity (Wildman–Crippen MR) is 86.8 cm³/mol. The lowest BCUT2D eigenvalue weighted by atomic mass is 10.1. The molecule has 0 aliphatic carbocycles. The molecule has 0 radical (unpaired) electrons. The zero-order valence-corrected chi connectivity index (χ0v) is 13.1. The van der Waals surface area contributed by atoms with Crippen LogP contribution >= 0.6 is 23.4 Å². The van der Waals surface area contributed by atoms with Crippen molar-refractivity contribution >= 4 is 35.0 Å². The van der Waals surface area contributed by atoms with E-state index in [2.05, 4.69) is 0 Å². The number of hydrogen-bond acceptors (Lipinski definition) is 3. The number of anilines is 1. The number of para-hydroxylation sites is 2. The van der Waals surface area contributed by atoms with Crippen molar-refractivity contribution in [2.75, 3.05) is 24.3 Å². The Bertz CT molecular complexity index is 690. The van der Waals surface area contributed by atoms with Crippen LogP contribution in [0.1, 0.15) is 10.4 Å². The zero-order valence-electron chi connectivity index (χ0n) is 11.5. The molecule has 0 bridgehead atoms. The molecular weight excluding hydrogens is 306 g/mol. The minimum atomic E-state index is -0.0911. The second kappa shape index (κ2) is 6.00. The Hall–Kier alpha value is -1.65. The lowest BCUT2D eigenvalue weighted by molar-refractivity contribution is 0.0976. The molecule has 0 saturated heterocycles. The number of benzene rings is 2. The van der Waals surface area contributed by atoms with Gasteiger partial charge in [-0.25, -0.2) is 0 Å². The van der Waals surface area contributed by atoms with Crippen molar-refractivity contribution in [2.45, 2.75) is 4.90 Å². The number of carbonyl (C=O) groups excluding carboxylic acids is 1. The van der Waals surface area contributed by atoms with Gasteiger partial charge in [-0.15, -0.1) is 11.8 Å². The Kier molecular flexibility index (Phi) is 4.08. The molecule has 3 rings (SSSR count). The first kappa shape index (κ1) is 14.3. The standard InChI is InChI=1S/C16H14ClNO2S/c1-21-11-6-7-13(17)12(10-11)16(19)18-8-9-20-15-5-3-2-4-14(15)18/h2-7,10H,8-9H2,1H3. The van der Waals surface area contributed by atoms with Gasteiger partial charge in [0, 0.05) is 4.90 Å². The average Bonchev–Trinajstić information content (AvgIpc) is 2.54. The van der Waals surface area contributed by atoms with Gasteiger partial charge in [0.05, 0.1) is 22.8 Å². The molecule has 1 heterocycles. The van der Waals surface area contributed by atoms with E-state index in [0.29, 0.717) is 23.7 Å². The van der Waals surface area contributed by atoms with E-state index >= 15 is 0 Å². The predicted octanol–water partition coefficient (Wildman–Crippen LogP) is 4.10. The van der Waals surface area contributed by atoms with Crippen LogP contribution in [0.3, 0.4) is 0 Å². The largest absolute Gasteiger partial charge is 0.490 e. The van der Waals surface area contributed by atoms with Gasteiger partial charge in [-0.05, 0) is 36.6 Å². The highest BCUT2D eigenvalue weighted by atomic mass is 35.5. The van der Waals surface area contributed by atoms with Crippen LogP contribution < -0.4 is 9.64 Å². The van der Waals surface area contributed by atoms with Crippen LogP contribution in [0.25, 0.3) is 0 Å². The Labute approximate surface area is 132 Å². The Morgan fingerprint density at radius 3 is 2.90 bits per heavy atom. The summed E-state index contributed by atoms with van der Waals surface area (Å²) in [4.78, 5) is 15.6. The number of hydrogen-bond donors (Lipinski definition) is 0. The molecule has 2 aromatic rings. The summed E-state index contributed by atoms with van der Waals surface area (Å²) in [6, 6.07) is 13.1. The van der Waals surface area contributed by atoms with Gasteiger partial charge in [0.15, 0.2) is 0 Å². The summed E-state index contributed by atoms with van der Waals surface area (Å²) < 4.78 is 5.58. The quantitative estimate of drug-likeness (QED) is 0.780. The normalized spacial score (nSPS) is 13.5. The van der Waals surface area contributed by atoms with Crippen molar-refractivity contribution in [1.82, 2.24) is 0 Å². The van der Waals surface area contributed by atoms with Crippen LogP contribution in [0.5, 0.6) is 5.75 Å². The van der Waals surface area contributed by atoms with E-state index in [1.807, 2.05) is 42.7 Å². The molecule has 2 aromatic carbocycles. The molecule has 1 aliphatic heterocycles. The summed E-state index contributed by atoms with van der Waals surface area (Å²) in [5.74, 6) is 0.640. The maximum Gasteiger partial charge on any atom is 0.260 e. The fraction of sp³-hybridized carbons (Fsp3) is 0.188. The van der Waals surface area contributed by atoms with E-state index in [1.165, 1.54) is 0 Å². The first-order chi connectivity index (χ1) is 10.2. The smallest absolute Gasteiger partial charge is 0.260 e. The van der Waals surface area contributed by atoms with Gasteiger partial charge in [0.2, 0.25) is 0 Å². The third kappa shape index (κ3) is 2.74. The van der Waals surface area contributed by atoms with Crippen molar-refractivity contribution in [1.29, 1.82) is 0 Å². The SMILES string of the molecule is CSc1ccc(Cl)c(C(=O)N2CCOc3ccccc32)c1. The fourth-order valence-corrected chi connectivity index (χ4v) is 2.96. The van der Waals surface area contributed by atoms with Gasteiger partial charge in [0.25, 0.3) is 5.91 Å². The van der Waals surface area contributed by atoms with Gasteiger partial charge in [-0.2, -0.15) is 0 Å². The summed E-state index contributed by atoms with van der Waals surface area (Å²) in [6.45, 7) is 1.01. The van der Waals surface area contributed by atoms with Gasteiger partial charge < -0.3 is 9.64 Å². The van der Waals surface area contributed by atoms with Gasteiger partial charge in [0.1, 0.15) is 12.4 Å². The Morgan fingerprint density at radius 2 is 2.10 bits per heavy atom. The summed E-state index contributed by atoms with van der Waals surface area (Å²) in [6.07, 6.45) is 1.97. The van der Waals surface area contributed by atoms with Crippen LogP contribution in [-0.4, -0.2) is 25.3 Å². The van der Waals surface area contributed by atoms with Crippen molar-refractivity contribution in [2.24, 2.45) is 0 Å². The molecule has 0 saturated carbocycles. The van der Waals surface area contributed by atoms with Crippen molar-refractivity contribution < 1.29 is 9.53 Å². The Morgan fingerprint density at radius 1 is 1.29 bits per heavy atom. The molecule has 0 aromatic heterocycles.